The third kappa shape index (κ3) is 9.31. The van der Waals surface area contributed by atoms with Gasteiger partial charge in [-0.05, 0) is 19.3 Å². The van der Waals surface area contributed by atoms with Gasteiger partial charge in [-0.25, -0.2) is 4.79 Å². The number of aliphatic carboxylic acids is 1. The van der Waals surface area contributed by atoms with Crippen LogP contribution in [0.15, 0.2) is 0 Å². The molecule has 0 aliphatic heterocycles. The Morgan fingerprint density at radius 1 is 1.08 bits per heavy atom. The van der Waals surface area contributed by atoms with Gasteiger partial charge in [-0.3, -0.25) is 9.59 Å². The molecule has 7 heteroatoms. The molecule has 0 rings (SSSR count). The molecule has 0 aromatic rings. The van der Waals surface area contributed by atoms with E-state index in [1.54, 1.807) is 34.6 Å². The number of hydrogen-bond acceptors (Lipinski definition) is 5. The number of rotatable bonds is 10. The molecule has 0 saturated heterocycles. The molecule has 0 radical (unpaired) electrons. The topological polar surface area (TPSA) is 102 Å². The Kier molecular flexibility index (Phi) is 9.52. The maximum Gasteiger partial charge on any atom is 0.410 e. The molecule has 0 aromatic carbocycles. The van der Waals surface area contributed by atoms with Gasteiger partial charge in [-0.1, -0.05) is 48.0 Å². The van der Waals surface area contributed by atoms with Crippen LogP contribution in [-0.2, 0) is 19.1 Å². The zero-order valence-corrected chi connectivity index (χ0v) is 16.4. The number of carboxylic acid groups (broad SMARTS) is 1. The van der Waals surface area contributed by atoms with E-state index in [2.05, 4.69) is 5.32 Å². The molecule has 146 valence electrons. The van der Waals surface area contributed by atoms with E-state index in [0.717, 1.165) is 6.42 Å². The van der Waals surface area contributed by atoms with Gasteiger partial charge in [0.05, 0.1) is 17.9 Å². The lowest BCUT2D eigenvalue weighted by Gasteiger charge is -2.32. The molecule has 2 N–H and O–H groups in total. The fraction of sp³-hybridized carbons (Fsp3) is 0.833. The lowest BCUT2D eigenvalue weighted by atomic mass is 9.86. The lowest BCUT2D eigenvalue weighted by Crippen LogP contribution is -2.50. The van der Waals surface area contributed by atoms with Crippen LogP contribution in [0.3, 0.4) is 0 Å². The maximum atomic E-state index is 12.3. The van der Waals surface area contributed by atoms with Gasteiger partial charge in [0.2, 0.25) is 0 Å². The summed E-state index contributed by atoms with van der Waals surface area (Å²) in [6.07, 6.45) is -0.657. The Hall–Kier alpha value is -1.79. The first-order chi connectivity index (χ1) is 11.4. The zero-order chi connectivity index (χ0) is 19.8. The van der Waals surface area contributed by atoms with Crippen LogP contribution in [0.1, 0.15) is 67.7 Å². The zero-order valence-electron chi connectivity index (χ0n) is 16.4. The molecule has 0 fully saturated rings. The number of carbonyl (C=O) groups is 3. The van der Waals surface area contributed by atoms with Crippen LogP contribution in [0.5, 0.6) is 0 Å². The quantitative estimate of drug-likeness (QED) is 0.457. The van der Waals surface area contributed by atoms with Crippen LogP contribution >= 0.6 is 0 Å². The Balaban J connectivity index is 5.01. The van der Waals surface area contributed by atoms with Crippen molar-refractivity contribution in [2.75, 3.05) is 0 Å². The van der Waals surface area contributed by atoms with Gasteiger partial charge in [0.25, 0.3) is 6.29 Å². The summed E-state index contributed by atoms with van der Waals surface area (Å²) < 4.78 is 10.4. The smallest absolute Gasteiger partial charge is 0.410 e. The standard InChI is InChI=1S/C18H33NO6/c1-8-13(6)9-18(7,10-14(20)21)19-17(23)25-16(12(4)5)24-15(22)11(2)3/h11-13,16H,8-10H2,1-7H3,(H,19,23)(H,20,21)/t13-,16-,18+/m1/s1. The van der Waals surface area contributed by atoms with Crippen molar-refractivity contribution in [1.82, 2.24) is 5.32 Å². The van der Waals surface area contributed by atoms with E-state index in [9.17, 15) is 14.4 Å². The van der Waals surface area contributed by atoms with Crippen molar-refractivity contribution < 1.29 is 29.0 Å². The summed E-state index contributed by atoms with van der Waals surface area (Å²) in [5.74, 6) is -1.79. The summed E-state index contributed by atoms with van der Waals surface area (Å²) in [6, 6.07) is 0. The Morgan fingerprint density at radius 2 is 1.64 bits per heavy atom. The van der Waals surface area contributed by atoms with Gasteiger partial charge >= 0.3 is 18.0 Å². The number of amides is 1. The van der Waals surface area contributed by atoms with Crippen LogP contribution in [0.25, 0.3) is 0 Å². The van der Waals surface area contributed by atoms with E-state index >= 15 is 0 Å². The van der Waals surface area contributed by atoms with Gasteiger partial charge in [0.1, 0.15) is 0 Å². The number of ether oxygens (including phenoxy) is 2. The first-order valence-electron chi connectivity index (χ1n) is 8.81. The molecule has 0 unspecified atom stereocenters. The van der Waals surface area contributed by atoms with Crippen LogP contribution in [0.4, 0.5) is 4.79 Å². The Morgan fingerprint density at radius 3 is 2.04 bits per heavy atom. The van der Waals surface area contributed by atoms with Crippen LogP contribution < -0.4 is 5.32 Å². The van der Waals surface area contributed by atoms with Crippen molar-refractivity contribution in [2.24, 2.45) is 17.8 Å². The molecular weight excluding hydrogens is 326 g/mol. The van der Waals surface area contributed by atoms with Gasteiger partial charge in [0, 0.05) is 5.92 Å². The predicted molar refractivity (Wildman–Crippen MR) is 93.9 cm³/mol. The molecule has 0 spiro atoms. The number of hydrogen-bond donors (Lipinski definition) is 2. The molecule has 7 nitrogen and oxygen atoms in total. The lowest BCUT2D eigenvalue weighted by molar-refractivity contribution is -0.178. The fourth-order valence-corrected chi connectivity index (χ4v) is 2.34. The van der Waals surface area contributed by atoms with Gasteiger partial charge in [0.15, 0.2) is 0 Å². The molecule has 1 amide bonds. The third-order valence-electron chi connectivity index (χ3n) is 3.91. The minimum Gasteiger partial charge on any atom is -0.481 e. The third-order valence-corrected chi connectivity index (χ3v) is 3.91. The second kappa shape index (κ2) is 10.3. The van der Waals surface area contributed by atoms with Gasteiger partial charge in [-0.2, -0.15) is 0 Å². The first-order valence-corrected chi connectivity index (χ1v) is 8.81. The van der Waals surface area contributed by atoms with E-state index in [1.807, 2.05) is 13.8 Å². The van der Waals surface area contributed by atoms with Crippen molar-refractivity contribution in [3.05, 3.63) is 0 Å². The average molecular weight is 359 g/mol. The molecule has 3 atom stereocenters. The maximum absolute atomic E-state index is 12.3. The average Bonchev–Trinajstić information content (AvgIpc) is 2.44. The van der Waals surface area contributed by atoms with Crippen molar-refractivity contribution in [3.63, 3.8) is 0 Å². The number of carboxylic acids is 1. The number of carbonyl (C=O) groups excluding carboxylic acids is 2. The highest BCUT2D eigenvalue weighted by Crippen LogP contribution is 2.23. The van der Waals surface area contributed by atoms with Gasteiger partial charge < -0.3 is 19.9 Å². The number of nitrogens with one attached hydrogen (secondary N) is 1. The highest BCUT2D eigenvalue weighted by Gasteiger charge is 2.33. The monoisotopic (exact) mass is 359 g/mol. The molecule has 0 aromatic heterocycles. The summed E-state index contributed by atoms with van der Waals surface area (Å²) in [4.78, 5) is 35.2. The second-order valence-corrected chi connectivity index (χ2v) is 7.58. The minimum absolute atomic E-state index is 0.218. The molecule has 0 saturated carbocycles. The van der Waals surface area contributed by atoms with Crippen molar-refractivity contribution in [2.45, 2.75) is 79.6 Å². The van der Waals surface area contributed by atoms with E-state index in [1.165, 1.54) is 0 Å². The van der Waals surface area contributed by atoms with E-state index in [4.69, 9.17) is 14.6 Å². The largest absolute Gasteiger partial charge is 0.481 e. The Bertz CT molecular complexity index is 462. The van der Waals surface area contributed by atoms with E-state index in [-0.39, 0.29) is 24.2 Å². The molecular formula is C18H33NO6. The Labute approximate surface area is 150 Å². The van der Waals surface area contributed by atoms with Gasteiger partial charge in [-0.15, -0.1) is 0 Å². The highest BCUT2D eigenvalue weighted by atomic mass is 16.7. The summed E-state index contributed by atoms with van der Waals surface area (Å²) in [5.41, 5.74) is -0.943. The molecule has 0 aliphatic rings. The van der Waals surface area contributed by atoms with E-state index in [0.29, 0.717) is 6.42 Å². The molecule has 0 bridgehead atoms. The molecule has 25 heavy (non-hydrogen) atoms. The van der Waals surface area contributed by atoms with Crippen molar-refractivity contribution in [1.29, 1.82) is 0 Å². The normalized spacial score (nSPS) is 16.0. The SMILES string of the molecule is CC[C@@H](C)C[C@@](C)(CC(=O)O)NC(=O)O[C@@H](OC(=O)C(C)C)C(C)C. The van der Waals surface area contributed by atoms with Crippen LogP contribution in [0, 0.1) is 17.8 Å². The molecule has 0 aliphatic carbocycles. The van der Waals surface area contributed by atoms with Crippen LogP contribution in [0.2, 0.25) is 0 Å². The summed E-state index contributed by atoms with van der Waals surface area (Å²) in [7, 11) is 0. The summed E-state index contributed by atoms with van der Waals surface area (Å²) >= 11 is 0. The first kappa shape index (κ1) is 23.2. The fourth-order valence-electron chi connectivity index (χ4n) is 2.34. The van der Waals surface area contributed by atoms with Crippen molar-refractivity contribution in [3.8, 4) is 0 Å². The van der Waals surface area contributed by atoms with Crippen molar-refractivity contribution >= 4 is 18.0 Å². The predicted octanol–water partition coefficient (Wildman–Crippen LogP) is 3.56. The minimum atomic E-state index is -1.02. The number of esters is 1. The highest BCUT2D eigenvalue weighted by molar-refractivity contribution is 5.73. The second-order valence-electron chi connectivity index (χ2n) is 7.58. The number of alkyl carbamates (subject to hydrolysis) is 1. The molecule has 0 heterocycles. The summed E-state index contributed by atoms with van der Waals surface area (Å²) in [6.45, 7) is 12.6. The van der Waals surface area contributed by atoms with Crippen LogP contribution in [-0.4, -0.2) is 35.0 Å². The van der Waals surface area contributed by atoms with E-state index < -0.39 is 29.9 Å². The summed E-state index contributed by atoms with van der Waals surface area (Å²) in [5, 5.41) is 11.8.